The highest BCUT2D eigenvalue weighted by Crippen LogP contribution is 2.33. The fourth-order valence-corrected chi connectivity index (χ4v) is 3.40. The van der Waals surface area contributed by atoms with Gasteiger partial charge in [0.1, 0.15) is 5.75 Å². The monoisotopic (exact) mass is 333 g/mol. The topological polar surface area (TPSA) is 66.8 Å². The molecule has 132 valence electrons. The first kappa shape index (κ1) is 18.3. The molecule has 1 aromatic rings. The van der Waals surface area contributed by atoms with Crippen LogP contribution >= 0.6 is 0 Å². The molecule has 1 heterocycles. The third-order valence-electron chi connectivity index (χ3n) is 4.97. The van der Waals surface area contributed by atoms with Gasteiger partial charge in [-0.05, 0) is 61.8 Å². The third kappa shape index (κ3) is 4.08. The summed E-state index contributed by atoms with van der Waals surface area (Å²) >= 11 is 0. The lowest BCUT2D eigenvalue weighted by molar-refractivity contribution is -0.139. The third-order valence-corrected chi connectivity index (χ3v) is 4.97. The van der Waals surface area contributed by atoms with Crippen molar-refractivity contribution in [1.82, 2.24) is 4.90 Å². The molecule has 1 saturated heterocycles. The summed E-state index contributed by atoms with van der Waals surface area (Å²) in [7, 11) is 0. The standard InChI is InChI=1S/C19H27NO4/c1-5-19(4)7-6-8-20(12-19)18(23)15-9-13(2)17(14(3)10-15)24-11-16(21)22/h9-10H,5-8,11-12H2,1-4H3,(H,21,22). The van der Waals surface area contributed by atoms with Crippen LogP contribution in [0.1, 0.15) is 54.6 Å². The van der Waals surface area contributed by atoms with Gasteiger partial charge in [0.25, 0.3) is 5.91 Å². The SMILES string of the molecule is CCC1(C)CCCN(C(=O)c2cc(C)c(OCC(=O)O)c(C)c2)C1. The van der Waals surface area contributed by atoms with E-state index in [1.165, 1.54) is 0 Å². The van der Waals surface area contributed by atoms with E-state index in [2.05, 4.69) is 13.8 Å². The van der Waals surface area contributed by atoms with Crippen LogP contribution in [0.5, 0.6) is 5.75 Å². The molecule has 1 N–H and O–H groups in total. The van der Waals surface area contributed by atoms with Crippen molar-refractivity contribution in [3.8, 4) is 5.75 Å². The average Bonchev–Trinajstić information content (AvgIpc) is 2.53. The van der Waals surface area contributed by atoms with Crippen molar-refractivity contribution in [3.63, 3.8) is 0 Å². The number of ether oxygens (including phenoxy) is 1. The maximum atomic E-state index is 12.9. The van der Waals surface area contributed by atoms with E-state index in [-0.39, 0.29) is 17.9 Å². The summed E-state index contributed by atoms with van der Waals surface area (Å²) in [5.74, 6) is -0.419. The Balaban J connectivity index is 2.19. The van der Waals surface area contributed by atoms with E-state index in [4.69, 9.17) is 9.84 Å². The van der Waals surface area contributed by atoms with Crippen molar-refractivity contribution in [2.75, 3.05) is 19.7 Å². The summed E-state index contributed by atoms with van der Waals surface area (Å²) in [6, 6.07) is 3.59. The van der Waals surface area contributed by atoms with Crippen molar-refractivity contribution in [3.05, 3.63) is 28.8 Å². The molecule has 0 saturated carbocycles. The number of hydrogen-bond acceptors (Lipinski definition) is 3. The van der Waals surface area contributed by atoms with Crippen LogP contribution in [-0.4, -0.2) is 41.6 Å². The quantitative estimate of drug-likeness (QED) is 0.896. The number of amides is 1. The van der Waals surface area contributed by atoms with Crippen LogP contribution in [0.3, 0.4) is 0 Å². The molecule has 1 amide bonds. The van der Waals surface area contributed by atoms with Gasteiger partial charge in [-0.2, -0.15) is 0 Å². The Hall–Kier alpha value is -2.04. The highest BCUT2D eigenvalue weighted by molar-refractivity contribution is 5.95. The molecule has 1 atom stereocenters. The van der Waals surface area contributed by atoms with E-state index >= 15 is 0 Å². The Labute approximate surface area is 143 Å². The molecule has 0 bridgehead atoms. The summed E-state index contributed by atoms with van der Waals surface area (Å²) in [5.41, 5.74) is 2.42. The van der Waals surface area contributed by atoms with E-state index in [1.807, 2.05) is 18.7 Å². The number of carboxylic acid groups (broad SMARTS) is 1. The number of carboxylic acids is 1. The van der Waals surface area contributed by atoms with Crippen LogP contribution in [0.4, 0.5) is 0 Å². The Bertz CT molecular complexity index is 617. The number of carbonyl (C=O) groups excluding carboxylic acids is 1. The lowest BCUT2D eigenvalue weighted by Gasteiger charge is -2.40. The van der Waals surface area contributed by atoms with Crippen molar-refractivity contribution in [2.24, 2.45) is 5.41 Å². The second-order valence-electron chi connectivity index (χ2n) is 7.12. The number of likely N-dealkylation sites (tertiary alicyclic amines) is 1. The summed E-state index contributed by atoms with van der Waals surface area (Å²) in [4.78, 5) is 25.5. The fourth-order valence-electron chi connectivity index (χ4n) is 3.40. The zero-order valence-corrected chi connectivity index (χ0v) is 15.0. The first-order chi connectivity index (χ1) is 11.3. The van der Waals surface area contributed by atoms with E-state index < -0.39 is 5.97 Å². The lowest BCUT2D eigenvalue weighted by Crippen LogP contribution is -2.44. The van der Waals surface area contributed by atoms with Gasteiger partial charge in [0.15, 0.2) is 6.61 Å². The molecule has 2 rings (SSSR count). The lowest BCUT2D eigenvalue weighted by atomic mass is 9.79. The van der Waals surface area contributed by atoms with E-state index in [1.54, 1.807) is 12.1 Å². The molecule has 1 aromatic carbocycles. The van der Waals surface area contributed by atoms with Gasteiger partial charge >= 0.3 is 5.97 Å². The van der Waals surface area contributed by atoms with Crippen LogP contribution in [0.15, 0.2) is 12.1 Å². The summed E-state index contributed by atoms with van der Waals surface area (Å²) < 4.78 is 5.34. The van der Waals surface area contributed by atoms with Crippen LogP contribution in [0, 0.1) is 19.3 Å². The van der Waals surface area contributed by atoms with Gasteiger partial charge in [0.05, 0.1) is 0 Å². The largest absolute Gasteiger partial charge is 0.481 e. The molecule has 5 heteroatoms. The Morgan fingerprint density at radius 3 is 2.46 bits per heavy atom. The normalized spacial score (nSPS) is 20.8. The Morgan fingerprint density at radius 1 is 1.29 bits per heavy atom. The van der Waals surface area contributed by atoms with Crippen molar-refractivity contribution in [1.29, 1.82) is 0 Å². The molecule has 24 heavy (non-hydrogen) atoms. The zero-order valence-electron chi connectivity index (χ0n) is 15.0. The number of rotatable bonds is 5. The van der Waals surface area contributed by atoms with Crippen LogP contribution in [-0.2, 0) is 4.79 Å². The molecule has 0 radical (unpaired) electrons. The highest BCUT2D eigenvalue weighted by Gasteiger charge is 2.32. The number of hydrogen-bond donors (Lipinski definition) is 1. The number of carbonyl (C=O) groups is 2. The fraction of sp³-hybridized carbons (Fsp3) is 0.579. The van der Waals surface area contributed by atoms with E-state index in [0.29, 0.717) is 11.3 Å². The van der Waals surface area contributed by atoms with Crippen LogP contribution in [0.25, 0.3) is 0 Å². The molecule has 1 fully saturated rings. The predicted molar refractivity (Wildman–Crippen MR) is 92.6 cm³/mol. The molecular formula is C19H27NO4. The van der Waals surface area contributed by atoms with E-state index in [0.717, 1.165) is 43.5 Å². The van der Waals surface area contributed by atoms with Gasteiger partial charge < -0.3 is 14.7 Å². The second kappa shape index (κ2) is 7.24. The van der Waals surface area contributed by atoms with Gasteiger partial charge in [0.2, 0.25) is 0 Å². The average molecular weight is 333 g/mol. The minimum absolute atomic E-state index is 0.0466. The first-order valence-electron chi connectivity index (χ1n) is 8.51. The van der Waals surface area contributed by atoms with Gasteiger partial charge in [0, 0.05) is 18.7 Å². The number of piperidine rings is 1. The molecule has 1 aliphatic rings. The molecule has 0 aliphatic carbocycles. The summed E-state index contributed by atoms with van der Waals surface area (Å²) in [5, 5.41) is 8.76. The second-order valence-corrected chi connectivity index (χ2v) is 7.12. The molecule has 5 nitrogen and oxygen atoms in total. The molecule has 0 aromatic heterocycles. The molecule has 0 spiro atoms. The molecular weight excluding hydrogens is 306 g/mol. The minimum Gasteiger partial charge on any atom is -0.481 e. The molecule has 1 aliphatic heterocycles. The van der Waals surface area contributed by atoms with Gasteiger partial charge in [-0.25, -0.2) is 4.79 Å². The number of nitrogens with zero attached hydrogens (tertiary/aromatic N) is 1. The zero-order chi connectivity index (χ0) is 17.9. The van der Waals surface area contributed by atoms with Crippen LogP contribution < -0.4 is 4.74 Å². The van der Waals surface area contributed by atoms with Gasteiger partial charge in [-0.1, -0.05) is 13.8 Å². The number of benzene rings is 1. The Morgan fingerprint density at radius 2 is 1.92 bits per heavy atom. The van der Waals surface area contributed by atoms with Crippen LogP contribution in [0.2, 0.25) is 0 Å². The summed E-state index contributed by atoms with van der Waals surface area (Å²) in [6.07, 6.45) is 3.26. The number of aryl methyl sites for hydroxylation is 2. The van der Waals surface area contributed by atoms with Crippen molar-refractivity contribution in [2.45, 2.75) is 47.0 Å². The van der Waals surface area contributed by atoms with Crippen molar-refractivity contribution < 1.29 is 19.4 Å². The Kier molecular flexibility index (Phi) is 5.52. The predicted octanol–water partition coefficient (Wildman–Crippen LogP) is 3.42. The smallest absolute Gasteiger partial charge is 0.341 e. The van der Waals surface area contributed by atoms with E-state index in [9.17, 15) is 9.59 Å². The summed E-state index contributed by atoms with van der Waals surface area (Å²) in [6.45, 7) is 9.31. The molecule has 1 unspecified atom stereocenters. The number of aliphatic carboxylic acids is 1. The maximum absolute atomic E-state index is 12.9. The van der Waals surface area contributed by atoms with Crippen molar-refractivity contribution >= 4 is 11.9 Å². The minimum atomic E-state index is -1.01. The first-order valence-corrected chi connectivity index (χ1v) is 8.51. The maximum Gasteiger partial charge on any atom is 0.341 e. The highest BCUT2D eigenvalue weighted by atomic mass is 16.5. The van der Waals surface area contributed by atoms with Gasteiger partial charge in [-0.15, -0.1) is 0 Å². The van der Waals surface area contributed by atoms with Gasteiger partial charge in [-0.3, -0.25) is 4.79 Å².